The van der Waals surface area contributed by atoms with Gasteiger partial charge in [0.2, 0.25) is 0 Å². The molecule has 0 radical (unpaired) electrons. The van der Waals surface area contributed by atoms with Crippen LogP contribution in [-0.4, -0.2) is 37.9 Å². The molecule has 1 aliphatic rings. The fraction of sp³-hybridized carbons (Fsp3) is 0.438. The first-order valence-corrected chi connectivity index (χ1v) is 7.05. The van der Waals surface area contributed by atoms with E-state index >= 15 is 0 Å². The minimum Gasteiger partial charge on any atom is -0.478 e. The van der Waals surface area contributed by atoms with Crippen LogP contribution < -0.4 is 4.90 Å². The van der Waals surface area contributed by atoms with Crippen LogP contribution in [0.15, 0.2) is 24.3 Å². The van der Waals surface area contributed by atoms with E-state index in [1.165, 1.54) is 12.1 Å². The summed E-state index contributed by atoms with van der Waals surface area (Å²) >= 11 is 0. The summed E-state index contributed by atoms with van der Waals surface area (Å²) in [6.07, 6.45) is 4.53. The molecule has 1 aromatic rings. The molecule has 0 bridgehead atoms. The van der Waals surface area contributed by atoms with E-state index in [4.69, 9.17) is 9.84 Å². The van der Waals surface area contributed by atoms with E-state index in [0.29, 0.717) is 17.2 Å². The molecule has 1 aromatic carbocycles. The van der Waals surface area contributed by atoms with Gasteiger partial charge < -0.3 is 14.7 Å². The molecular weight excluding hydrogens is 273 g/mol. The Morgan fingerprint density at radius 2 is 2.38 bits per heavy atom. The lowest BCUT2D eigenvalue weighted by Crippen LogP contribution is -2.31. The van der Waals surface area contributed by atoms with Crippen LogP contribution in [0.2, 0.25) is 0 Å². The molecule has 1 fully saturated rings. The Morgan fingerprint density at radius 3 is 3.00 bits per heavy atom. The Labute approximate surface area is 123 Å². The van der Waals surface area contributed by atoms with Crippen molar-refractivity contribution in [2.75, 3.05) is 31.7 Å². The highest BCUT2D eigenvalue weighted by molar-refractivity contribution is 5.85. The van der Waals surface area contributed by atoms with Crippen LogP contribution in [0.4, 0.5) is 10.1 Å². The average molecular weight is 293 g/mol. The number of benzene rings is 1. The summed E-state index contributed by atoms with van der Waals surface area (Å²) < 4.78 is 19.6. The van der Waals surface area contributed by atoms with Gasteiger partial charge in [0.05, 0.1) is 12.3 Å². The predicted octanol–water partition coefficient (Wildman–Crippen LogP) is 2.79. The molecule has 114 valence electrons. The fourth-order valence-corrected chi connectivity index (χ4v) is 2.54. The molecule has 1 aliphatic heterocycles. The van der Waals surface area contributed by atoms with Crippen molar-refractivity contribution in [3.05, 3.63) is 35.7 Å². The van der Waals surface area contributed by atoms with Crippen LogP contribution >= 0.6 is 0 Å². The van der Waals surface area contributed by atoms with Gasteiger partial charge in [-0.25, -0.2) is 9.18 Å². The number of hydrogen-bond donors (Lipinski definition) is 1. The second-order valence-corrected chi connectivity index (χ2v) is 5.35. The molecule has 1 unspecified atom stereocenters. The van der Waals surface area contributed by atoms with Gasteiger partial charge in [-0.1, -0.05) is 6.07 Å². The number of rotatable bonds is 5. The summed E-state index contributed by atoms with van der Waals surface area (Å²) in [5, 5.41) is 8.57. The molecular formula is C16H20FNO3. The first-order chi connectivity index (χ1) is 10.1. The zero-order valence-electron chi connectivity index (χ0n) is 12.1. The van der Waals surface area contributed by atoms with Gasteiger partial charge in [0.25, 0.3) is 0 Å². The summed E-state index contributed by atoms with van der Waals surface area (Å²) in [6, 6.07) is 4.74. The van der Waals surface area contributed by atoms with Gasteiger partial charge in [0.15, 0.2) is 0 Å². The van der Waals surface area contributed by atoms with Crippen molar-refractivity contribution < 1.29 is 19.0 Å². The van der Waals surface area contributed by atoms with Gasteiger partial charge in [-0.05, 0) is 42.5 Å². The number of carboxylic acid groups (broad SMARTS) is 1. The SMILES string of the molecule is CN(CC1CCCOC1)c1ccc(C=CC(=O)O)cc1F. The minimum atomic E-state index is -1.05. The average Bonchev–Trinajstić information content (AvgIpc) is 2.46. The van der Waals surface area contributed by atoms with E-state index in [2.05, 4.69) is 0 Å². The molecule has 1 heterocycles. The fourth-order valence-electron chi connectivity index (χ4n) is 2.54. The topological polar surface area (TPSA) is 49.8 Å². The number of halogens is 1. The van der Waals surface area contributed by atoms with Crippen LogP contribution in [0.25, 0.3) is 6.08 Å². The lowest BCUT2D eigenvalue weighted by Gasteiger charge is -2.28. The van der Waals surface area contributed by atoms with Crippen LogP contribution in [0, 0.1) is 11.7 Å². The third-order valence-electron chi connectivity index (χ3n) is 3.59. The van der Waals surface area contributed by atoms with Crippen molar-refractivity contribution in [3.8, 4) is 0 Å². The maximum absolute atomic E-state index is 14.1. The minimum absolute atomic E-state index is 0.346. The third kappa shape index (κ3) is 4.56. The largest absolute Gasteiger partial charge is 0.478 e. The van der Waals surface area contributed by atoms with Gasteiger partial charge >= 0.3 is 5.97 Å². The smallest absolute Gasteiger partial charge is 0.328 e. The number of anilines is 1. The molecule has 0 spiro atoms. The second kappa shape index (κ2) is 7.22. The highest BCUT2D eigenvalue weighted by Crippen LogP contribution is 2.23. The highest BCUT2D eigenvalue weighted by Gasteiger charge is 2.17. The van der Waals surface area contributed by atoms with E-state index in [1.54, 1.807) is 12.1 Å². The van der Waals surface area contributed by atoms with Crippen molar-refractivity contribution in [1.29, 1.82) is 0 Å². The number of ether oxygens (including phenoxy) is 1. The van der Waals surface area contributed by atoms with E-state index < -0.39 is 5.97 Å². The van der Waals surface area contributed by atoms with E-state index in [0.717, 1.165) is 38.7 Å². The van der Waals surface area contributed by atoms with Crippen molar-refractivity contribution in [2.45, 2.75) is 12.8 Å². The first kappa shape index (κ1) is 15.5. The molecule has 4 nitrogen and oxygen atoms in total. The number of carbonyl (C=O) groups is 1. The summed E-state index contributed by atoms with van der Waals surface area (Å²) in [6.45, 7) is 2.30. The van der Waals surface area contributed by atoms with Crippen molar-refractivity contribution in [2.24, 2.45) is 5.92 Å². The van der Waals surface area contributed by atoms with E-state index in [-0.39, 0.29) is 5.82 Å². The molecule has 1 saturated heterocycles. The van der Waals surface area contributed by atoms with Crippen LogP contribution in [0.1, 0.15) is 18.4 Å². The number of hydrogen-bond acceptors (Lipinski definition) is 3. The molecule has 0 aliphatic carbocycles. The van der Waals surface area contributed by atoms with Gasteiger partial charge in [-0.15, -0.1) is 0 Å². The molecule has 1 atom stereocenters. The monoisotopic (exact) mass is 293 g/mol. The van der Waals surface area contributed by atoms with Crippen LogP contribution in [-0.2, 0) is 9.53 Å². The number of aliphatic carboxylic acids is 1. The lowest BCUT2D eigenvalue weighted by molar-refractivity contribution is -0.131. The Kier molecular flexibility index (Phi) is 5.33. The second-order valence-electron chi connectivity index (χ2n) is 5.35. The predicted molar refractivity (Wildman–Crippen MR) is 79.9 cm³/mol. The normalized spacial score (nSPS) is 18.9. The third-order valence-corrected chi connectivity index (χ3v) is 3.59. The Morgan fingerprint density at radius 1 is 1.57 bits per heavy atom. The first-order valence-electron chi connectivity index (χ1n) is 7.05. The molecule has 21 heavy (non-hydrogen) atoms. The van der Waals surface area contributed by atoms with Crippen LogP contribution in [0.5, 0.6) is 0 Å². The van der Waals surface area contributed by atoms with Crippen molar-refractivity contribution in [3.63, 3.8) is 0 Å². The quantitative estimate of drug-likeness (QED) is 0.848. The summed E-state index contributed by atoms with van der Waals surface area (Å²) in [4.78, 5) is 12.3. The van der Waals surface area contributed by atoms with Crippen molar-refractivity contribution in [1.82, 2.24) is 0 Å². The number of nitrogens with zero attached hydrogens (tertiary/aromatic N) is 1. The maximum atomic E-state index is 14.1. The molecule has 0 aromatic heterocycles. The van der Waals surface area contributed by atoms with Gasteiger partial charge in [0.1, 0.15) is 5.82 Å². The van der Waals surface area contributed by atoms with E-state index in [1.807, 2.05) is 11.9 Å². The van der Waals surface area contributed by atoms with E-state index in [9.17, 15) is 9.18 Å². The Bertz CT molecular complexity index is 524. The van der Waals surface area contributed by atoms with Gasteiger partial charge in [0, 0.05) is 26.3 Å². The zero-order valence-corrected chi connectivity index (χ0v) is 12.1. The van der Waals surface area contributed by atoms with Gasteiger partial charge in [-0.2, -0.15) is 0 Å². The molecule has 5 heteroatoms. The summed E-state index contributed by atoms with van der Waals surface area (Å²) in [5.74, 6) is -0.967. The van der Waals surface area contributed by atoms with Gasteiger partial charge in [-0.3, -0.25) is 0 Å². The Hall–Kier alpha value is -1.88. The zero-order chi connectivity index (χ0) is 15.2. The molecule has 0 amide bonds. The maximum Gasteiger partial charge on any atom is 0.328 e. The number of carboxylic acids is 1. The standard InChI is InChI=1S/C16H20FNO3/c1-18(10-13-3-2-8-21-11-13)15-6-4-12(9-14(15)17)5-7-16(19)20/h4-7,9,13H,2-3,8,10-11H2,1H3,(H,19,20). The highest BCUT2D eigenvalue weighted by atomic mass is 19.1. The summed E-state index contributed by atoms with van der Waals surface area (Å²) in [5.41, 5.74) is 1.06. The lowest BCUT2D eigenvalue weighted by atomic mass is 10.0. The summed E-state index contributed by atoms with van der Waals surface area (Å²) in [7, 11) is 1.86. The van der Waals surface area contributed by atoms with Crippen molar-refractivity contribution >= 4 is 17.7 Å². The molecule has 0 saturated carbocycles. The molecule has 2 rings (SSSR count). The molecule has 1 N–H and O–H groups in total. The van der Waals surface area contributed by atoms with Crippen LogP contribution in [0.3, 0.4) is 0 Å². The Balaban J connectivity index is 2.03.